The van der Waals surface area contributed by atoms with Crippen molar-refractivity contribution >= 4 is 62.9 Å². The molecule has 0 radical (unpaired) electrons. The first-order chi connectivity index (χ1) is 2.00. The summed E-state index contributed by atoms with van der Waals surface area (Å²) < 4.78 is 8.66. The summed E-state index contributed by atoms with van der Waals surface area (Å²) in [5.74, 6) is 0. The molecule has 0 aromatic carbocycles. The van der Waals surface area contributed by atoms with Gasteiger partial charge in [0.2, 0.25) is 0 Å². The fourth-order valence-electron chi connectivity index (χ4n) is 0. The topological polar surface area (TPSA) is 83.4 Å². The fourth-order valence-corrected chi connectivity index (χ4v) is 0. The molecule has 0 unspecified atom stereocenters. The summed E-state index contributed by atoms with van der Waals surface area (Å²) in [6.07, 6.45) is 0. The molecule has 0 aliphatic carbocycles. The van der Waals surface area contributed by atoms with Crippen molar-refractivity contribution in [3.63, 3.8) is 0 Å². The molecule has 0 saturated carbocycles. The number of hydrogen-bond donors (Lipinski definition) is 1. The first-order valence-electron chi connectivity index (χ1n) is 0.748. The van der Waals surface area contributed by atoms with Crippen LogP contribution in [0.5, 0.6) is 0 Å². The summed E-state index contributed by atoms with van der Waals surface area (Å²) >= 11 is 0. The Kier molecular flexibility index (Phi) is 26.9. The molecule has 0 fully saturated rings. The molecule has 0 saturated heterocycles. The van der Waals surface area contributed by atoms with E-state index in [-0.39, 0.29) is 76.2 Å². The van der Waals surface area contributed by atoms with Gasteiger partial charge in [-0.15, -0.1) is 0 Å². The molecule has 0 heterocycles. The summed E-state index contributed by atoms with van der Waals surface area (Å²) in [7, 11) is -5.14. The van der Waals surface area contributed by atoms with Crippen LogP contribution in [-0.2, 0) is 25.6 Å². The van der Waals surface area contributed by atoms with Crippen molar-refractivity contribution in [1.29, 1.82) is 0 Å². The van der Waals surface area contributed by atoms with Gasteiger partial charge in [0.15, 0.2) is 17.4 Å². The Morgan fingerprint density at radius 1 is 1.38 bits per heavy atom. The zero-order chi connectivity index (χ0) is 4.50. The Hall–Kier alpha value is 2.59. The summed E-state index contributed by atoms with van der Waals surface area (Å²) in [4.78, 5) is 24.3. The molecular weight excluding hydrogens is 346 g/mol. The Morgan fingerprint density at radius 3 is 1.38 bits per heavy atom. The third kappa shape index (κ3) is 73.8. The molecule has 1 N–H and O–H groups in total. The second-order valence-corrected chi connectivity index (χ2v) is 1.41. The first-order valence-corrected chi connectivity index (χ1v) is 2.24. The van der Waals surface area contributed by atoms with E-state index in [1.807, 2.05) is 0 Å². The number of hydrogen-bond acceptors (Lipinski definition) is 3. The van der Waals surface area contributed by atoms with Gasteiger partial charge in [0.25, 0.3) is 0 Å². The molecule has 0 rings (SSSR count). The quantitative estimate of drug-likeness (QED) is 0.359. The van der Waals surface area contributed by atoms with Gasteiger partial charge in [0.05, 0.1) is 7.82 Å². The van der Waals surface area contributed by atoms with Gasteiger partial charge >= 0.3 is 37.7 Å². The van der Waals surface area contributed by atoms with Crippen molar-refractivity contribution in [2.75, 3.05) is 0 Å². The molecule has 8 heavy (non-hydrogen) atoms. The summed E-state index contributed by atoms with van der Waals surface area (Å²) in [5.41, 5.74) is 0. The summed E-state index contributed by atoms with van der Waals surface area (Å²) in [6, 6.07) is 0. The minimum Gasteiger partial charge on any atom is -0.790 e. The van der Waals surface area contributed by atoms with Gasteiger partial charge in [-0.05, 0) is 0 Å². The van der Waals surface area contributed by atoms with E-state index in [9.17, 15) is 0 Å². The van der Waals surface area contributed by atoms with Gasteiger partial charge in [0, 0.05) is 21.1 Å². The fraction of sp³-hybridized carbons (Fsp3) is 0. The van der Waals surface area contributed by atoms with Crippen LogP contribution in [-0.4, -0.2) is 60.0 Å². The van der Waals surface area contributed by atoms with Crippen LogP contribution >= 0.6 is 7.82 Å². The molecule has 4 nitrogen and oxygen atoms in total. The predicted molar refractivity (Wildman–Crippen MR) is 25.5 cm³/mol. The summed E-state index contributed by atoms with van der Waals surface area (Å²) in [6.45, 7) is 0. The molecule has 0 aromatic rings. The van der Waals surface area contributed by atoms with E-state index in [1.165, 1.54) is 0 Å². The van der Waals surface area contributed by atoms with Crippen molar-refractivity contribution in [1.82, 2.24) is 0 Å². The Morgan fingerprint density at radius 2 is 1.38 bits per heavy atom. The molecule has 44 valence electrons. The van der Waals surface area contributed by atoms with Gasteiger partial charge in [-0.25, -0.2) is 0 Å². The van der Waals surface area contributed by atoms with Crippen molar-refractivity contribution in [3.05, 3.63) is 0 Å². The zero-order valence-electron chi connectivity index (χ0n) is 3.23. The van der Waals surface area contributed by atoms with Crippen LogP contribution < -0.4 is 9.79 Å². The van der Waals surface area contributed by atoms with Gasteiger partial charge < -0.3 is 19.2 Å². The van der Waals surface area contributed by atoms with Crippen molar-refractivity contribution in [2.45, 2.75) is 0 Å². The van der Waals surface area contributed by atoms with Crippen LogP contribution in [0.15, 0.2) is 0 Å². The van der Waals surface area contributed by atoms with Crippen LogP contribution in [0.25, 0.3) is 0 Å². The van der Waals surface area contributed by atoms with E-state index in [2.05, 4.69) is 0 Å². The van der Waals surface area contributed by atoms with E-state index in [0.29, 0.717) is 0 Å². The van der Waals surface area contributed by atoms with Crippen molar-refractivity contribution in [2.24, 2.45) is 0 Å². The van der Waals surface area contributed by atoms with Gasteiger partial charge in [-0.1, -0.05) is 0 Å². The smallest absolute Gasteiger partial charge is 0.790 e. The van der Waals surface area contributed by atoms with E-state index < -0.39 is 7.82 Å². The maximum absolute atomic E-state index is 8.66. The average molecular weight is 350 g/mol. The molecule has 0 spiro atoms. The van der Waals surface area contributed by atoms with E-state index in [1.54, 1.807) is 0 Å². The first kappa shape index (κ1) is 22.4. The van der Waals surface area contributed by atoms with Crippen LogP contribution in [0.2, 0.25) is 0 Å². The van der Waals surface area contributed by atoms with Gasteiger partial charge in [-0.3, -0.25) is 0 Å². The molecule has 0 aliphatic rings. The SMILES string of the molecule is O=P([O-])([O-])O.[AlH3].[Ca+2].[W]. The van der Waals surface area contributed by atoms with Crippen LogP contribution in [0.4, 0.5) is 0 Å². The third-order valence-electron chi connectivity index (χ3n) is 0. The van der Waals surface area contributed by atoms with E-state index >= 15 is 0 Å². The van der Waals surface area contributed by atoms with Crippen molar-refractivity contribution in [3.8, 4) is 0 Å². The molecule has 0 aromatic heterocycles. The van der Waals surface area contributed by atoms with E-state index in [4.69, 9.17) is 19.2 Å². The van der Waals surface area contributed by atoms with Gasteiger partial charge in [-0.2, -0.15) is 0 Å². The van der Waals surface area contributed by atoms with Crippen LogP contribution in [0.3, 0.4) is 0 Å². The molecule has 0 aliphatic heterocycles. The maximum Gasteiger partial charge on any atom is 2.00 e. The van der Waals surface area contributed by atoms with Crippen LogP contribution in [0.1, 0.15) is 0 Å². The number of rotatable bonds is 0. The zero-order valence-corrected chi connectivity index (χ0v) is 9.27. The second-order valence-electron chi connectivity index (χ2n) is 0.469. The number of phosphoric acid groups is 1. The minimum atomic E-state index is -5.14. The summed E-state index contributed by atoms with van der Waals surface area (Å²) in [5, 5.41) is 0. The predicted octanol–water partition coefficient (Wildman–Crippen LogP) is -3.76. The molecule has 0 bridgehead atoms. The molecule has 0 amide bonds. The standard InChI is InChI=1S/Al.Ca.H3O4P.W.3H/c;;1-5(2,3)4;;;;/h;;(H3,1,2,3,4);;;;/q;+2;;;;;/p-2. The second kappa shape index (κ2) is 9.59. The Labute approximate surface area is 102 Å². The minimum absolute atomic E-state index is 0. The molecular formula is H4AlCaO4PW. The normalized spacial score (nSPS) is 7.38. The molecule has 0 atom stereocenters. The van der Waals surface area contributed by atoms with Crippen molar-refractivity contribution < 1.29 is 40.3 Å². The largest absolute Gasteiger partial charge is 2.00 e. The maximum atomic E-state index is 8.66. The Balaban J connectivity index is -0.0000000267. The van der Waals surface area contributed by atoms with E-state index in [0.717, 1.165) is 0 Å². The third-order valence-corrected chi connectivity index (χ3v) is 0. The molecule has 8 heteroatoms. The van der Waals surface area contributed by atoms with Gasteiger partial charge in [0.1, 0.15) is 0 Å². The average Bonchev–Trinajstić information content (AvgIpc) is 0.722. The Bertz CT molecular complexity index is 62.2. The van der Waals surface area contributed by atoms with Crippen LogP contribution in [0, 0.1) is 0 Å². The monoisotopic (exact) mass is 350 g/mol.